The topological polar surface area (TPSA) is 24.4 Å². The molecule has 1 heterocycles. The number of hydrogen-bond donors (Lipinski definition) is 1. The molecule has 0 aromatic heterocycles. The lowest BCUT2D eigenvalue weighted by Gasteiger charge is -2.17. The van der Waals surface area contributed by atoms with Crippen LogP contribution in [-0.4, -0.2) is 23.0 Å². The highest BCUT2D eigenvalue weighted by molar-refractivity contribution is 8.14. The zero-order chi connectivity index (χ0) is 12.1. The van der Waals surface area contributed by atoms with Gasteiger partial charge in [-0.3, -0.25) is 4.99 Å². The van der Waals surface area contributed by atoms with Gasteiger partial charge in [-0.15, -0.1) is 0 Å². The molecule has 0 fully saturated rings. The van der Waals surface area contributed by atoms with Crippen LogP contribution in [0.1, 0.15) is 47.5 Å². The van der Waals surface area contributed by atoms with Crippen molar-refractivity contribution in [2.75, 3.05) is 6.54 Å². The van der Waals surface area contributed by atoms with Gasteiger partial charge >= 0.3 is 0 Å². The second kappa shape index (κ2) is 6.53. The largest absolute Gasteiger partial charge is 0.362 e. The molecule has 94 valence electrons. The van der Waals surface area contributed by atoms with Crippen molar-refractivity contribution in [2.45, 2.75) is 58.8 Å². The Kier molecular flexibility index (Phi) is 5.67. The van der Waals surface area contributed by atoms with Gasteiger partial charge in [-0.25, -0.2) is 0 Å². The third-order valence-corrected chi connectivity index (χ3v) is 3.79. The molecule has 2 unspecified atom stereocenters. The number of nitrogens with zero attached hydrogens (tertiary/aromatic N) is 1. The van der Waals surface area contributed by atoms with E-state index < -0.39 is 0 Å². The highest BCUT2D eigenvalue weighted by atomic mass is 32.2. The van der Waals surface area contributed by atoms with Crippen molar-refractivity contribution in [1.82, 2.24) is 5.32 Å². The van der Waals surface area contributed by atoms with Crippen molar-refractivity contribution in [3.05, 3.63) is 0 Å². The van der Waals surface area contributed by atoms with Gasteiger partial charge in [0.15, 0.2) is 5.17 Å². The maximum Gasteiger partial charge on any atom is 0.157 e. The molecule has 0 aromatic rings. The maximum atomic E-state index is 4.59. The molecular weight excluding hydrogens is 216 g/mol. The van der Waals surface area contributed by atoms with Crippen molar-refractivity contribution >= 4 is 16.9 Å². The minimum absolute atomic E-state index is 0.545. The Morgan fingerprint density at radius 1 is 1.25 bits per heavy atom. The quantitative estimate of drug-likeness (QED) is 0.797. The van der Waals surface area contributed by atoms with Crippen molar-refractivity contribution in [1.29, 1.82) is 0 Å². The van der Waals surface area contributed by atoms with E-state index in [-0.39, 0.29) is 0 Å². The SMILES string of the molecule is CC(C)CC(C)NC1=NCC(CC(C)C)S1. The number of aliphatic imine (C=N–C) groups is 1. The number of amidine groups is 1. The van der Waals surface area contributed by atoms with Crippen LogP contribution in [0.2, 0.25) is 0 Å². The van der Waals surface area contributed by atoms with Gasteiger partial charge in [-0.05, 0) is 31.6 Å². The Hall–Kier alpha value is -0.180. The third kappa shape index (κ3) is 5.24. The molecule has 1 N–H and O–H groups in total. The fourth-order valence-corrected chi connectivity index (χ4v) is 3.49. The zero-order valence-electron chi connectivity index (χ0n) is 11.3. The van der Waals surface area contributed by atoms with Crippen LogP contribution in [0.25, 0.3) is 0 Å². The Labute approximate surface area is 105 Å². The minimum atomic E-state index is 0.545. The summed E-state index contributed by atoms with van der Waals surface area (Å²) in [6.45, 7) is 12.4. The van der Waals surface area contributed by atoms with Gasteiger partial charge < -0.3 is 5.32 Å². The molecule has 2 atom stereocenters. The van der Waals surface area contributed by atoms with Crippen molar-refractivity contribution in [3.63, 3.8) is 0 Å². The third-order valence-electron chi connectivity index (χ3n) is 2.65. The van der Waals surface area contributed by atoms with Crippen molar-refractivity contribution < 1.29 is 0 Å². The van der Waals surface area contributed by atoms with Gasteiger partial charge in [0.05, 0.1) is 6.54 Å². The van der Waals surface area contributed by atoms with E-state index in [1.165, 1.54) is 18.0 Å². The Morgan fingerprint density at radius 3 is 2.50 bits per heavy atom. The van der Waals surface area contributed by atoms with Gasteiger partial charge in [0.25, 0.3) is 0 Å². The van der Waals surface area contributed by atoms with Crippen LogP contribution in [0.5, 0.6) is 0 Å². The van der Waals surface area contributed by atoms with E-state index in [1.807, 2.05) is 11.8 Å². The van der Waals surface area contributed by atoms with E-state index in [4.69, 9.17) is 0 Å². The van der Waals surface area contributed by atoms with Crippen LogP contribution in [-0.2, 0) is 0 Å². The number of hydrogen-bond acceptors (Lipinski definition) is 3. The molecule has 0 saturated carbocycles. The first-order chi connectivity index (χ1) is 7.47. The monoisotopic (exact) mass is 242 g/mol. The summed E-state index contributed by atoms with van der Waals surface area (Å²) in [5, 5.41) is 5.39. The molecule has 0 bridgehead atoms. The second-order valence-corrected chi connectivity index (χ2v) is 6.98. The fraction of sp³-hybridized carbons (Fsp3) is 0.923. The van der Waals surface area contributed by atoms with Crippen LogP contribution >= 0.6 is 11.8 Å². The van der Waals surface area contributed by atoms with E-state index >= 15 is 0 Å². The highest BCUT2D eigenvalue weighted by Gasteiger charge is 2.21. The molecule has 16 heavy (non-hydrogen) atoms. The first kappa shape index (κ1) is 13.9. The van der Waals surface area contributed by atoms with Crippen LogP contribution in [0.4, 0.5) is 0 Å². The first-order valence-corrected chi connectivity index (χ1v) is 7.33. The predicted octanol–water partition coefficient (Wildman–Crippen LogP) is 3.53. The van der Waals surface area contributed by atoms with Gasteiger partial charge in [0.1, 0.15) is 0 Å². The molecular formula is C13H26N2S. The van der Waals surface area contributed by atoms with Crippen LogP contribution in [0, 0.1) is 11.8 Å². The van der Waals surface area contributed by atoms with Crippen molar-refractivity contribution in [2.24, 2.45) is 16.8 Å². The molecule has 0 spiro atoms. The molecule has 0 amide bonds. The molecule has 0 radical (unpaired) electrons. The summed E-state index contributed by atoms with van der Waals surface area (Å²) in [6, 6.07) is 0.545. The molecule has 1 aliphatic heterocycles. The summed E-state index contributed by atoms with van der Waals surface area (Å²) >= 11 is 1.93. The summed E-state index contributed by atoms with van der Waals surface area (Å²) in [7, 11) is 0. The first-order valence-electron chi connectivity index (χ1n) is 6.45. The lowest BCUT2D eigenvalue weighted by Crippen LogP contribution is -2.31. The smallest absolute Gasteiger partial charge is 0.157 e. The highest BCUT2D eigenvalue weighted by Crippen LogP contribution is 2.25. The molecule has 2 nitrogen and oxygen atoms in total. The molecule has 0 saturated heterocycles. The average molecular weight is 242 g/mol. The molecule has 1 aliphatic rings. The summed E-state index contributed by atoms with van der Waals surface area (Å²) in [6.07, 6.45) is 2.49. The molecule has 0 aliphatic carbocycles. The van der Waals surface area contributed by atoms with Crippen LogP contribution in [0.15, 0.2) is 4.99 Å². The van der Waals surface area contributed by atoms with E-state index in [0.717, 1.165) is 18.4 Å². The Balaban J connectivity index is 2.25. The summed E-state index contributed by atoms with van der Waals surface area (Å²) in [4.78, 5) is 4.59. The minimum Gasteiger partial charge on any atom is -0.362 e. The number of nitrogens with one attached hydrogen (secondary N) is 1. The van der Waals surface area contributed by atoms with E-state index in [0.29, 0.717) is 11.3 Å². The summed E-state index contributed by atoms with van der Waals surface area (Å²) in [5.74, 6) is 1.53. The standard InChI is InChI=1S/C13H26N2S/c1-9(2)6-11(5)15-13-14-8-12(16-13)7-10(3)4/h9-12H,6-8H2,1-5H3,(H,14,15). The zero-order valence-corrected chi connectivity index (χ0v) is 12.1. The Bertz CT molecular complexity index is 236. The molecule has 0 aromatic carbocycles. The second-order valence-electron chi connectivity index (χ2n) is 5.69. The van der Waals surface area contributed by atoms with Gasteiger partial charge in [-0.1, -0.05) is 39.5 Å². The maximum absolute atomic E-state index is 4.59. The van der Waals surface area contributed by atoms with Gasteiger partial charge in [0.2, 0.25) is 0 Å². The average Bonchev–Trinajstić information content (AvgIpc) is 2.49. The van der Waals surface area contributed by atoms with E-state index in [2.05, 4.69) is 44.9 Å². The molecule has 1 rings (SSSR count). The van der Waals surface area contributed by atoms with Crippen LogP contribution in [0.3, 0.4) is 0 Å². The van der Waals surface area contributed by atoms with Gasteiger partial charge in [-0.2, -0.15) is 0 Å². The molecule has 3 heteroatoms. The number of rotatable bonds is 5. The summed E-state index contributed by atoms with van der Waals surface area (Å²) < 4.78 is 0. The van der Waals surface area contributed by atoms with Crippen LogP contribution < -0.4 is 5.32 Å². The lowest BCUT2D eigenvalue weighted by molar-refractivity contribution is 0.492. The van der Waals surface area contributed by atoms with E-state index in [1.54, 1.807) is 0 Å². The van der Waals surface area contributed by atoms with Gasteiger partial charge in [0, 0.05) is 11.3 Å². The lowest BCUT2D eigenvalue weighted by atomic mass is 10.1. The fourth-order valence-electron chi connectivity index (χ4n) is 2.12. The van der Waals surface area contributed by atoms with E-state index in [9.17, 15) is 0 Å². The summed E-state index contributed by atoms with van der Waals surface area (Å²) in [5.41, 5.74) is 0. The number of thioether (sulfide) groups is 1. The Morgan fingerprint density at radius 2 is 1.94 bits per heavy atom. The van der Waals surface area contributed by atoms with Crippen molar-refractivity contribution in [3.8, 4) is 0 Å². The normalized spacial score (nSPS) is 22.7. The predicted molar refractivity (Wildman–Crippen MR) is 75.2 cm³/mol.